The van der Waals surface area contributed by atoms with Gasteiger partial charge in [0.05, 0.1) is 18.6 Å². The molecule has 3 atom stereocenters. The Labute approximate surface area is 218 Å². The first-order valence-electron chi connectivity index (χ1n) is 13.2. The number of carboxylic acid groups (broad SMARTS) is 1. The van der Waals surface area contributed by atoms with Crippen molar-refractivity contribution in [1.29, 1.82) is 0 Å². The van der Waals surface area contributed by atoms with E-state index in [0.29, 0.717) is 44.0 Å². The summed E-state index contributed by atoms with van der Waals surface area (Å²) in [5, 5.41) is 9.68. The smallest absolute Gasteiger partial charge is 0.307 e. The van der Waals surface area contributed by atoms with Crippen LogP contribution >= 0.6 is 0 Å². The number of rotatable bonds is 11. The molecule has 37 heavy (non-hydrogen) atoms. The number of fused-ring (bicyclic) bond motifs is 2. The fraction of sp³-hybridized carbons (Fsp3) is 0.500. The molecule has 0 fully saturated rings. The lowest BCUT2D eigenvalue weighted by Gasteiger charge is -2.43. The molecule has 0 aromatic heterocycles. The lowest BCUT2D eigenvalue weighted by Crippen LogP contribution is -2.45. The second-order valence-corrected chi connectivity index (χ2v) is 10.5. The number of hydrogen-bond donors (Lipinski definition) is 1. The average Bonchev–Trinajstić information content (AvgIpc) is 3.23. The fourth-order valence-electron chi connectivity index (χ4n) is 5.76. The van der Waals surface area contributed by atoms with Crippen molar-refractivity contribution in [1.82, 2.24) is 9.80 Å². The molecule has 0 radical (unpaired) electrons. The molecular weight excluding hydrogens is 474 g/mol. The van der Waals surface area contributed by atoms with E-state index in [4.69, 9.17) is 4.74 Å². The maximum absolute atomic E-state index is 15.7. The molecule has 5 nitrogen and oxygen atoms in total. The number of carboxylic acids is 1. The number of likely N-dealkylation sites (N-methyl/N-ethyl adjacent to an activating group) is 1. The van der Waals surface area contributed by atoms with E-state index in [1.54, 1.807) is 13.0 Å². The molecule has 1 N–H and O–H groups in total. The van der Waals surface area contributed by atoms with Gasteiger partial charge in [-0.2, -0.15) is 0 Å². The molecule has 2 aliphatic rings. The van der Waals surface area contributed by atoms with Crippen molar-refractivity contribution in [3.63, 3.8) is 0 Å². The summed E-state index contributed by atoms with van der Waals surface area (Å²) in [5.74, 6) is -1.12. The lowest BCUT2D eigenvalue weighted by atomic mass is 9.83. The van der Waals surface area contributed by atoms with Gasteiger partial charge in [-0.1, -0.05) is 31.2 Å². The molecule has 0 spiro atoms. The summed E-state index contributed by atoms with van der Waals surface area (Å²) in [4.78, 5) is 16.0. The summed E-state index contributed by atoms with van der Waals surface area (Å²) in [5.41, 5.74) is 6.17. The van der Waals surface area contributed by atoms with E-state index in [1.165, 1.54) is 22.8 Å². The Hall–Kier alpha value is -2.77. The average molecular weight is 513 g/mol. The Kier molecular flexibility index (Phi) is 8.65. The number of hydrogen-bond acceptors (Lipinski definition) is 4. The van der Waals surface area contributed by atoms with Crippen LogP contribution < -0.4 is 4.74 Å². The largest absolute Gasteiger partial charge is 0.492 e. The summed E-state index contributed by atoms with van der Waals surface area (Å²) in [6, 6.07) is 11.1. The minimum absolute atomic E-state index is 0.0456. The van der Waals surface area contributed by atoms with Crippen LogP contribution in [0.3, 0.4) is 0 Å². The Morgan fingerprint density at radius 2 is 2.00 bits per heavy atom. The van der Waals surface area contributed by atoms with Crippen LogP contribution in [-0.2, 0) is 11.2 Å². The van der Waals surface area contributed by atoms with E-state index in [1.807, 2.05) is 31.0 Å². The Morgan fingerprint density at radius 3 is 2.73 bits per heavy atom. The first-order chi connectivity index (χ1) is 17.7. The van der Waals surface area contributed by atoms with Gasteiger partial charge in [-0.3, -0.25) is 14.1 Å². The molecule has 1 heterocycles. The van der Waals surface area contributed by atoms with Gasteiger partial charge in [0, 0.05) is 31.2 Å². The van der Waals surface area contributed by atoms with Crippen molar-refractivity contribution in [3.05, 3.63) is 70.0 Å². The summed E-state index contributed by atoms with van der Waals surface area (Å²) < 4.78 is 34.3. The monoisotopic (exact) mass is 512 g/mol. The number of nitrogens with zero attached hydrogens (tertiary/aromatic N) is 2. The maximum atomic E-state index is 15.7. The van der Waals surface area contributed by atoms with Crippen LogP contribution in [0.5, 0.6) is 5.75 Å². The first kappa shape index (κ1) is 27.3. The number of aliphatic carboxylic acids is 1. The predicted molar refractivity (Wildman–Crippen MR) is 142 cm³/mol. The summed E-state index contributed by atoms with van der Waals surface area (Å²) in [6.07, 6.45) is 2.02. The van der Waals surface area contributed by atoms with Crippen molar-refractivity contribution in [2.24, 2.45) is 5.92 Å². The van der Waals surface area contributed by atoms with Crippen LogP contribution in [0.25, 0.3) is 5.57 Å². The molecule has 200 valence electrons. The maximum Gasteiger partial charge on any atom is 0.307 e. The minimum Gasteiger partial charge on any atom is -0.492 e. The second kappa shape index (κ2) is 11.7. The molecule has 0 bridgehead atoms. The van der Waals surface area contributed by atoms with Crippen molar-refractivity contribution < 1.29 is 23.4 Å². The zero-order valence-electron chi connectivity index (χ0n) is 22.3. The fourth-order valence-corrected chi connectivity index (χ4v) is 5.76. The van der Waals surface area contributed by atoms with Gasteiger partial charge in [-0.15, -0.1) is 0 Å². The number of benzene rings is 2. The zero-order chi connectivity index (χ0) is 26.7. The standard InChI is InChI=1S/C30H38F2N2O3/c1-19(30(35)36)18-34-20(2)16-24-23-9-6-5-8-22(23)17-25(24)29(34)28-21(3)27(11-10-26(28)32)37-15-14-33(4)13-7-12-31/h5-6,8-11,19-20,29H,7,12-18H2,1-4H3,(H,35,36)/t19-,20+,29+/m1/s1. The van der Waals surface area contributed by atoms with Gasteiger partial charge in [0.1, 0.15) is 18.2 Å². The molecule has 1 aliphatic heterocycles. The highest BCUT2D eigenvalue weighted by Gasteiger charge is 2.41. The molecule has 1 aliphatic carbocycles. The SMILES string of the molecule is Cc1c(OCCN(C)CCCF)ccc(F)c1[C@@H]1C2=C(C[C@H](C)N1C[C@@H](C)C(=O)O)c1ccccc1C2. The Bertz CT molecular complexity index is 1170. The predicted octanol–water partition coefficient (Wildman–Crippen LogP) is 5.67. The van der Waals surface area contributed by atoms with Gasteiger partial charge in [0.2, 0.25) is 0 Å². The first-order valence-corrected chi connectivity index (χ1v) is 13.2. The van der Waals surface area contributed by atoms with Crippen LogP contribution in [-0.4, -0.2) is 66.9 Å². The Morgan fingerprint density at radius 1 is 1.24 bits per heavy atom. The third kappa shape index (κ3) is 5.73. The molecule has 4 rings (SSSR count). The number of halogens is 2. The van der Waals surface area contributed by atoms with Crippen LogP contribution in [0.4, 0.5) is 8.78 Å². The topological polar surface area (TPSA) is 53.0 Å². The second-order valence-electron chi connectivity index (χ2n) is 10.5. The van der Waals surface area contributed by atoms with E-state index >= 15 is 4.39 Å². The van der Waals surface area contributed by atoms with Crippen LogP contribution in [0.15, 0.2) is 42.0 Å². The normalized spacial score (nSPS) is 20.2. The van der Waals surface area contributed by atoms with Gasteiger partial charge < -0.3 is 14.7 Å². The van der Waals surface area contributed by atoms with Gasteiger partial charge in [-0.05, 0) is 80.1 Å². The highest BCUT2D eigenvalue weighted by atomic mass is 19.1. The number of alkyl halides is 1. The van der Waals surface area contributed by atoms with Crippen molar-refractivity contribution in [2.45, 2.75) is 52.1 Å². The van der Waals surface area contributed by atoms with Crippen molar-refractivity contribution in [3.8, 4) is 5.75 Å². The molecule has 7 heteroatoms. The number of carbonyl (C=O) groups is 1. The lowest BCUT2D eigenvalue weighted by molar-refractivity contribution is -0.142. The van der Waals surface area contributed by atoms with Crippen LogP contribution in [0.2, 0.25) is 0 Å². The molecule has 0 amide bonds. The van der Waals surface area contributed by atoms with Crippen LogP contribution in [0, 0.1) is 18.7 Å². The van der Waals surface area contributed by atoms with Crippen molar-refractivity contribution >= 4 is 11.5 Å². The van der Waals surface area contributed by atoms with E-state index < -0.39 is 11.9 Å². The van der Waals surface area contributed by atoms with Crippen LogP contribution in [0.1, 0.15) is 55.0 Å². The molecule has 2 aromatic carbocycles. The minimum atomic E-state index is -0.855. The molecule has 0 saturated carbocycles. The third-order valence-electron chi connectivity index (χ3n) is 7.83. The van der Waals surface area contributed by atoms with Gasteiger partial charge in [0.15, 0.2) is 0 Å². The van der Waals surface area contributed by atoms with Gasteiger partial charge in [-0.25, -0.2) is 4.39 Å². The van der Waals surface area contributed by atoms with Gasteiger partial charge >= 0.3 is 5.97 Å². The molecule has 0 unspecified atom stereocenters. The quantitative estimate of drug-likeness (QED) is 0.421. The molecule has 2 aromatic rings. The number of ether oxygens (including phenoxy) is 1. The van der Waals surface area contributed by atoms with E-state index in [2.05, 4.69) is 24.0 Å². The van der Waals surface area contributed by atoms with Gasteiger partial charge in [0.25, 0.3) is 0 Å². The Balaban J connectivity index is 1.71. The highest BCUT2D eigenvalue weighted by Crippen LogP contribution is 2.50. The molecular formula is C30H38F2N2O3. The van der Waals surface area contributed by atoms with Crippen molar-refractivity contribution in [2.75, 3.05) is 40.0 Å². The summed E-state index contributed by atoms with van der Waals surface area (Å²) >= 11 is 0. The highest BCUT2D eigenvalue weighted by molar-refractivity contribution is 5.79. The van der Waals surface area contributed by atoms with E-state index in [-0.39, 0.29) is 24.6 Å². The summed E-state index contributed by atoms with van der Waals surface area (Å²) in [7, 11) is 1.93. The van der Waals surface area contributed by atoms with E-state index in [9.17, 15) is 14.3 Å². The third-order valence-corrected chi connectivity index (χ3v) is 7.83. The zero-order valence-corrected chi connectivity index (χ0v) is 22.3. The summed E-state index contributed by atoms with van der Waals surface area (Å²) in [6.45, 7) is 7.40. The molecule has 0 saturated heterocycles. The van der Waals surface area contributed by atoms with E-state index in [0.717, 1.165) is 24.0 Å².